The van der Waals surface area contributed by atoms with Crippen molar-refractivity contribution < 1.29 is 23.7 Å². The molecule has 2 N–H and O–H groups in total. The van der Waals surface area contributed by atoms with Gasteiger partial charge in [0.25, 0.3) is 5.91 Å². The number of carbonyl (C=O) groups excluding carboxylic acids is 1. The first-order valence-electron chi connectivity index (χ1n) is 11.2. The van der Waals surface area contributed by atoms with Gasteiger partial charge in [-0.3, -0.25) is 4.79 Å². The third kappa shape index (κ3) is 4.99. The molecule has 2 fully saturated rings. The number of halogens is 1. The highest BCUT2D eigenvalue weighted by atomic mass is 35.5. The molecule has 0 unspecified atom stereocenters. The van der Waals surface area contributed by atoms with Crippen LogP contribution in [0.15, 0.2) is 30.3 Å². The number of carbonyl (C=O) groups is 1. The fourth-order valence-electron chi connectivity index (χ4n) is 5.00. The van der Waals surface area contributed by atoms with Crippen molar-refractivity contribution in [2.24, 2.45) is 17.6 Å². The van der Waals surface area contributed by atoms with Crippen molar-refractivity contribution in [1.29, 1.82) is 0 Å². The summed E-state index contributed by atoms with van der Waals surface area (Å²) in [5.41, 5.74) is 7.19. The maximum atomic E-state index is 13.5. The Hall–Kier alpha value is -2.64. The van der Waals surface area contributed by atoms with Crippen molar-refractivity contribution in [3.05, 3.63) is 41.5 Å². The zero-order valence-corrected chi connectivity index (χ0v) is 20.3. The zero-order chi connectivity index (χ0) is 22.7. The molecule has 0 bridgehead atoms. The van der Waals surface area contributed by atoms with Crippen LogP contribution in [0.4, 0.5) is 0 Å². The Labute approximate surface area is 201 Å². The molecule has 2 aromatic rings. The van der Waals surface area contributed by atoms with Crippen LogP contribution in [0.1, 0.15) is 35.2 Å². The number of rotatable bonds is 8. The lowest BCUT2D eigenvalue weighted by molar-refractivity contribution is 0.0776. The molecule has 1 aliphatic carbocycles. The number of likely N-dealkylation sites (tertiary alicyclic amines) is 1. The van der Waals surface area contributed by atoms with Gasteiger partial charge in [-0.05, 0) is 55.3 Å². The van der Waals surface area contributed by atoms with E-state index in [1.807, 2.05) is 29.2 Å². The van der Waals surface area contributed by atoms with E-state index in [0.29, 0.717) is 52.7 Å². The Morgan fingerprint density at radius 2 is 1.58 bits per heavy atom. The minimum Gasteiger partial charge on any atom is -0.492 e. The van der Waals surface area contributed by atoms with Gasteiger partial charge in [-0.15, -0.1) is 12.4 Å². The number of nitrogens with zero attached hydrogens (tertiary/aromatic N) is 1. The third-order valence-electron chi connectivity index (χ3n) is 6.60. The molecular formula is C25H33ClN2O5. The van der Waals surface area contributed by atoms with Crippen molar-refractivity contribution in [3.63, 3.8) is 0 Å². The number of amides is 1. The minimum absolute atomic E-state index is 0. The van der Waals surface area contributed by atoms with Crippen LogP contribution < -0.4 is 24.7 Å². The first-order valence-corrected chi connectivity index (χ1v) is 11.2. The summed E-state index contributed by atoms with van der Waals surface area (Å²) in [6.07, 6.45) is 4.47. The van der Waals surface area contributed by atoms with E-state index >= 15 is 0 Å². The summed E-state index contributed by atoms with van der Waals surface area (Å²) >= 11 is 0. The largest absolute Gasteiger partial charge is 0.492 e. The standard InChI is InChI=1S/C25H32N2O5.ClH/c1-29-22-20(25(28)27-14-17-5-4-6-18(17)15-27)13-21(23(30-2)24(22)31-3)32-19-9-7-16(8-10-19)11-12-26;/h7-10,13,17-18H,4-6,11-12,14-15,26H2,1-3H3;1H/t17-,18+;. The zero-order valence-electron chi connectivity index (χ0n) is 19.5. The minimum atomic E-state index is -0.0691. The SMILES string of the molecule is COc1c(Oc2ccc(CCN)cc2)cc(C(=O)N2C[C@H]3CCC[C@H]3C2)c(OC)c1OC.Cl. The molecule has 2 atom stereocenters. The second-order valence-corrected chi connectivity index (χ2v) is 8.47. The van der Waals surface area contributed by atoms with Crippen molar-refractivity contribution in [3.8, 4) is 28.7 Å². The van der Waals surface area contributed by atoms with Crippen LogP contribution in [0, 0.1) is 11.8 Å². The molecule has 1 amide bonds. The van der Waals surface area contributed by atoms with Crippen LogP contribution in [0.2, 0.25) is 0 Å². The van der Waals surface area contributed by atoms with Crippen LogP contribution in [0.25, 0.3) is 0 Å². The fourth-order valence-corrected chi connectivity index (χ4v) is 5.00. The van der Waals surface area contributed by atoms with Crippen LogP contribution >= 0.6 is 12.4 Å². The number of ether oxygens (including phenoxy) is 4. The fraction of sp³-hybridized carbons (Fsp3) is 0.480. The molecule has 1 aliphatic heterocycles. The van der Waals surface area contributed by atoms with E-state index in [0.717, 1.165) is 25.1 Å². The van der Waals surface area contributed by atoms with E-state index in [2.05, 4.69) is 0 Å². The molecule has 0 spiro atoms. The smallest absolute Gasteiger partial charge is 0.257 e. The molecule has 1 heterocycles. The van der Waals surface area contributed by atoms with Crippen molar-refractivity contribution >= 4 is 18.3 Å². The van der Waals surface area contributed by atoms with E-state index < -0.39 is 0 Å². The van der Waals surface area contributed by atoms with E-state index in [1.165, 1.54) is 40.6 Å². The maximum absolute atomic E-state index is 13.5. The lowest BCUT2D eigenvalue weighted by atomic mass is 10.0. The van der Waals surface area contributed by atoms with Gasteiger partial charge in [0.2, 0.25) is 11.5 Å². The predicted molar refractivity (Wildman–Crippen MR) is 129 cm³/mol. The number of hydrogen-bond donors (Lipinski definition) is 1. The highest BCUT2D eigenvalue weighted by molar-refractivity contribution is 5.99. The first kappa shape index (κ1) is 25.0. The lowest BCUT2D eigenvalue weighted by Gasteiger charge is -2.22. The lowest BCUT2D eigenvalue weighted by Crippen LogP contribution is -2.30. The second-order valence-electron chi connectivity index (χ2n) is 8.47. The molecule has 180 valence electrons. The van der Waals surface area contributed by atoms with Gasteiger partial charge < -0.3 is 29.6 Å². The quantitative estimate of drug-likeness (QED) is 0.611. The molecule has 2 aromatic carbocycles. The van der Waals surface area contributed by atoms with Gasteiger partial charge in [0.15, 0.2) is 11.5 Å². The normalized spacial score (nSPS) is 19.0. The van der Waals surface area contributed by atoms with Crippen LogP contribution in [0.5, 0.6) is 28.7 Å². The third-order valence-corrected chi connectivity index (χ3v) is 6.60. The predicted octanol–water partition coefficient (Wildman–Crippen LogP) is 4.30. The Kier molecular flexibility index (Phi) is 8.32. The second kappa shape index (κ2) is 11.0. The Morgan fingerprint density at radius 3 is 2.12 bits per heavy atom. The van der Waals surface area contributed by atoms with Gasteiger partial charge in [0, 0.05) is 19.2 Å². The molecule has 7 nitrogen and oxygen atoms in total. The Bertz CT molecular complexity index is 954. The molecule has 2 aliphatic rings. The van der Waals surface area contributed by atoms with Crippen LogP contribution in [-0.4, -0.2) is 51.8 Å². The first-order chi connectivity index (χ1) is 15.6. The summed E-state index contributed by atoms with van der Waals surface area (Å²) in [5, 5.41) is 0. The topological polar surface area (TPSA) is 83.3 Å². The summed E-state index contributed by atoms with van der Waals surface area (Å²) in [6.45, 7) is 2.17. The number of benzene rings is 2. The van der Waals surface area contributed by atoms with Crippen molar-refractivity contribution in [1.82, 2.24) is 4.90 Å². The molecule has 1 saturated carbocycles. The Balaban J connectivity index is 0.00000306. The average molecular weight is 477 g/mol. The number of fused-ring (bicyclic) bond motifs is 1. The van der Waals surface area contributed by atoms with E-state index in [4.69, 9.17) is 24.7 Å². The summed E-state index contributed by atoms with van der Waals surface area (Å²) in [6, 6.07) is 9.41. The van der Waals surface area contributed by atoms with E-state index in [1.54, 1.807) is 6.07 Å². The monoisotopic (exact) mass is 476 g/mol. The molecule has 1 saturated heterocycles. The molecule has 33 heavy (non-hydrogen) atoms. The molecule has 4 rings (SSSR count). The van der Waals surface area contributed by atoms with Crippen molar-refractivity contribution in [2.45, 2.75) is 25.7 Å². The molecule has 8 heteroatoms. The Morgan fingerprint density at radius 1 is 0.970 bits per heavy atom. The van der Waals surface area contributed by atoms with E-state index in [-0.39, 0.29) is 18.3 Å². The van der Waals surface area contributed by atoms with E-state index in [9.17, 15) is 4.79 Å². The molecule has 0 aromatic heterocycles. The number of hydrogen-bond acceptors (Lipinski definition) is 6. The van der Waals surface area contributed by atoms with Crippen LogP contribution in [-0.2, 0) is 6.42 Å². The number of methoxy groups -OCH3 is 3. The van der Waals surface area contributed by atoms with Crippen molar-refractivity contribution in [2.75, 3.05) is 41.0 Å². The van der Waals surface area contributed by atoms with Gasteiger partial charge >= 0.3 is 0 Å². The highest BCUT2D eigenvalue weighted by Gasteiger charge is 2.39. The molecular weight excluding hydrogens is 444 g/mol. The summed E-state index contributed by atoms with van der Waals surface area (Å²) in [4.78, 5) is 15.5. The summed E-state index contributed by atoms with van der Waals surface area (Å²) in [7, 11) is 4.60. The number of nitrogens with two attached hydrogens (primary N) is 1. The summed E-state index contributed by atoms with van der Waals surface area (Å²) < 4.78 is 22.9. The van der Waals surface area contributed by atoms with Gasteiger partial charge in [-0.1, -0.05) is 18.6 Å². The van der Waals surface area contributed by atoms with Gasteiger partial charge in [-0.2, -0.15) is 0 Å². The maximum Gasteiger partial charge on any atom is 0.257 e. The van der Waals surface area contributed by atoms with Gasteiger partial charge in [0.1, 0.15) is 5.75 Å². The average Bonchev–Trinajstić information content (AvgIpc) is 3.41. The highest BCUT2D eigenvalue weighted by Crippen LogP contribution is 2.49. The van der Waals surface area contributed by atoms with Gasteiger partial charge in [-0.25, -0.2) is 0 Å². The van der Waals surface area contributed by atoms with Gasteiger partial charge in [0.05, 0.1) is 26.9 Å². The summed E-state index contributed by atoms with van der Waals surface area (Å²) in [5.74, 6) is 3.25. The van der Waals surface area contributed by atoms with Crippen LogP contribution in [0.3, 0.4) is 0 Å². The molecule has 0 radical (unpaired) electrons.